The van der Waals surface area contributed by atoms with Gasteiger partial charge in [0.1, 0.15) is 5.60 Å². The largest absolute Gasteiger partial charge is 0.387 e. The van der Waals surface area contributed by atoms with Crippen LogP contribution in [0.4, 0.5) is 0 Å². The molecule has 3 atom stereocenters. The van der Waals surface area contributed by atoms with Gasteiger partial charge in [0.2, 0.25) is 0 Å². The second-order valence-electron chi connectivity index (χ2n) is 3.66. The fourth-order valence-corrected chi connectivity index (χ4v) is 2.30. The summed E-state index contributed by atoms with van der Waals surface area (Å²) >= 11 is 0. The molecule has 2 aliphatic rings. The molecule has 2 fully saturated rings. The Morgan fingerprint density at radius 2 is 2.40 bits per heavy atom. The van der Waals surface area contributed by atoms with Crippen molar-refractivity contribution in [3.05, 3.63) is 0 Å². The molecular weight excluding hydrogens is 128 g/mol. The van der Waals surface area contributed by atoms with Crippen molar-refractivity contribution in [2.24, 2.45) is 0 Å². The SMILES string of the molecule is CC[C@@]12O[C@@H]1CC[C@]2(C)O. The van der Waals surface area contributed by atoms with E-state index in [1.54, 1.807) is 0 Å². The highest BCUT2D eigenvalue weighted by Crippen LogP contribution is 2.57. The Morgan fingerprint density at radius 1 is 1.70 bits per heavy atom. The molecule has 0 bridgehead atoms. The minimum atomic E-state index is -0.549. The topological polar surface area (TPSA) is 32.8 Å². The predicted molar refractivity (Wildman–Crippen MR) is 37.8 cm³/mol. The quantitative estimate of drug-likeness (QED) is 0.556. The molecule has 58 valence electrons. The highest BCUT2D eigenvalue weighted by molar-refractivity contribution is 5.18. The van der Waals surface area contributed by atoms with Crippen molar-refractivity contribution in [3.63, 3.8) is 0 Å². The van der Waals surface area contributed by atoms with Crippen LogP contribution in [0.15, 0.2) is 0 Å². The zero-order valence-electron chi connectivity index (χ0n) is 6.55. The number of hydrogen-bond acceptors (Lipinski definition) is 2. The molecule has 1 aliphatic heterocycles. The van der Waals surface area contributed by atoms with E-state index in [1.165, 1.54) is 0 Å². The fourth-order valence-electron chi connectivity index (χ4n) is 2.30. The molecule has 0 aromatic heterocycles. The van der Waals surface area contributed by atoms with Gasteiger partial charge in [-0.1, -0.05) is 6.92 Å². The first kappa shape index (κ1) is 6.62. The summed E-state index contributed by atoms with van der Waals surface area (Å²) in [5, 5.41) is 9.83. The van der Waals surface area contributed by atoms with E-state index in [0.29, 0.717) is 6.10 Å². The van der Waals surface area contributed by atoms with E-state index in [-0.39, 0.29) is 5.60 Å². The highest BCUT2D eigenvalue weighted by atomic mass is 16.6. The smallest absolute Gasteiger partial charge is 0.123 e. The number of epoxide rings is 1. The lowest BCUT2D eigenvalue weighted by Crippen LogP contribution is -2.39. The van der Waals surface area contributed by atoms with Crippen LogP contribution in [0, 0.1) is 0 Å². The summed E-state index contributed by atoms with van der Waals surface area (Å²) in [6, 6.07) is 0. The summed E-state index contributed by atoms with van der Waals surface area (Å²) in [4.78, 5) is 0. The van der Waals surface area contributed by atoms with Gasteiger partial charge in [0, 0.05) is 0 Å². The maximum atomic E-state index is 9.83. The molecule has 0 aromatic carbocycles. The molecule has 10 heavy (non-hydrogen) atoms. The van der Waals surface area contributed by atoms with E-state index < -0.39 is 5.60 Å². The van der Waals surface area contributed by atoms with Crippen molar-refractivity contribution in [2.75, 3.05) is 0 Å². The number of rotatable bonds is 1. The van der Waals surface area contributed by atoms with Crippen molar-refractivity contribution < 1.29 is 9.84 Å². The van der Waals surface area contributed by atoms with Gasteiger partial charge in [-0.3, -0.25) is 0 Å². The van der Waals surface area contributed by atoms with Gasteiger partial charge in [-0.25, -0.2) is 0 Å². The minimum Gasteiger partial charge on any atom is -0.387 e. The molecule has 0 amide bonds. The maximum Gasteiger partial charge on any atom is 0.123 e. The van der Waals surface area contributed by atoms with Crippen molar-refractivity contribution >= 4 is 0 Å². The van der Waals surface area contributed by atoms with E-state index in [9.17, 15) is 5.11 Å². The van der Waals surface area contributed by atoms with Crippen LogP contribution in [-0.2, 0) is 4.74 Å². The number of aliphatic hydroxyl groups is 1. The van der Waals surface area contributed by atoms with Crippen LogP contribution in [0.2, 0.25) is 0 Å². The number of ether oxygens (including phenoxy) is 1. The first-order valence-corrected chi connectivity index (χ1v) is 4.02. The average Bonchev–Trinajstić information content (AvgIpc) is 2.54. The number of hydrogen-bond donors (Lipinski definition) is 1. The minimum absolute atomic E-state index is 0.146. The third-order valence-corrected chi connectivity index (χ3v) is 3.15. The van der Waals surface area contributed by atoms with Gasteiger partial charge in [0.25, 0.3) is 0 Å². The molecule has 2 nitrogen and oxygen atoms in total. The van der Waals surface area contributed by atoms with Gasteiger partial charge in [-0.15, -0.1) is 0 Å². The second kappa shape index (κ2) is 1.56. The first-order chi connectivity index (χ1) is 4.62. The summed E-state index contributed by atoms with van der Waals surface area (Å²) in [5.74, 6) is 0. The molecular formula is C8H14O2. The molecule has 1 aliphatic carbocycles. The van der Waals surface area contributed by atoms with Gasteiger partial charge in [0.05, 0.1) is 11.7 Å². The van der Waals surface area contributed by atoms with Crippen LogP contribution in [-0.4, -0.2) is 22.4 Å². The van der Waals surface area contributed by atoms with Crippen molar-refractivity contribution in [2.45, 2.75) is 50.4 Å². The molecule has 0 radical (unpaired) electrons. The monoisotopic (exact) mass is 142 g/mol. The van der Waals surface area contributed by atoms with E-state index in [0.717, 1.165) is 19.3 Å². The Hall–Kier alpha value is -0.0800. The lowest BCUT2D eigenvalue weighted by atomic mass is 9.89. The zero-order chi connectivity index (χ0) is 7.41. The molecule has 2 heteroatoms. The maximum absolute atomic E-state index is 9.83. The van der Waals surface area contributed by atoms with Crippen LogP contribution in [0.25, 0.3) is 0 Å². The summed E-state index contributed by atoms with van der Waals surface area (Å²) in [6.07, 6.45) is 3.27. The second-order valence-corrected chi connectivity index (χ2v) is 3.66. The fraction of sp³-hybridized carbons (Fsp3) is 1.00. The van der Waals surface area contributed by atoms with E-state index in [1.807, 2.05) is 6.92 Å². The molecule has 0 unspecified atom stereocenters. The highest BCUT2D eigenvalue weighted by Gasteiger charge is 2.69. The van der Waals surface area contributed by atoms with E-state index >= 15 is 0 Å². The Labute approximate surface area is 61.2 Å². The van der Waals surface area contributed by atoms with Crippen LogP contribution in [0.5, 0.6) is 0 Å². The molecule has 0 spiro atoms. The van der Waals surface area contributed by atoms with Crippen molar-refractivity contribution in [3.8, 4) is 0 Å². The summed E-state index contributed by atoms with van der Waals surface area (Å²) in [5.41, 5.74) is -0.695. The Kier molecular flexibility index (Phi) is 1.03. The van der Waals surface area contributed by atoms with Crippen molar-refractivity contribution in [1.29, 1.82) is 0 Å². The Morgan fingerprint density at radius 3 is 2.60 bits per heavy atom. The number of fused-ring (bicyclic) bond motifs is 1. The van der Waals surface area contributed by atoms with Crippen LogP contribution in [0.1, 0.15) is 33.1 Å². The van der Waals surface area contributed by atoms with Crippen LogP contribution in [0.3, 0.4) is 0 Å². The lowest BCUT2D eigenvalue weighted by molar-refractivity contribution is -0.0284. The molecule has 0 aromatic rings. The molecule has 1 N–H and O–H groups in total. The Balaban J connectivity index is 2.24. The zero-order valence-corrected chi connectivity index (χ0v) is 6.55. The first-order valence-electron chi connectivity index (χ1n) is 4.02. The van der Waals surface area contributed by atoms with Gasteiger partial charge in [-0.05, 0) is 26.2 Å². The lowest BCUT2D eigenvalue weighted by Gasteiger charge is -2.25. The van der Waals surface area contributed by atoms with Gasteiger partial charge in [0.15, 0.2) is 0 Å². The van der Waals surface area contributed by atoms with Gasteiger partial charge in [-0.2, -0.15) is 0 Å². The van der Waals surface area contributed by atoms with E-state index in [2.05, 4.69) is 6.92 Å². The molecule has 1 saturated heterocycles. The molecule has 1 heterocycles. The summed E-state index contributed by atoms with van der Waals surface area (Å²) < 4.78 is 5.45. The summed E-state index contributed by atoms with van der Waals surface area (Å²) in [6.45, 7) is 3.98. The van der Waals surface area contributed by atoms with Gasteiger partial charge >= 0.3 is 0 Å². The van der Waals surface area contributed by atoms with Crippen LogP contribution < -0.4 is 0 Å². The van der Waals surface area contributed by atoms with E-state index in [4.69, 9.17) is 4.74 Å². The average molecular weight is 142 g/mol. The van der Waals surface area contributed by atoms with Crippen molar-refractivity contribution in [1.82, 2.24) is 0 Å². The third kappa shape index (κ3) is 0.523. The molecule has 2 rings (SSSR count). The standard InChI is InChI=1S/C8H14O2/c1-3-8-6(10-8)4-5-7(8,2)9/h6,9H,3-5H2,1-2H3/t6-,7+,8-/m1/s1. The molecule has 1 saturated carbocycles. The normalized spacial score (nSPS) is 58.5. The predicted octanol–water partition coefficient (Wildman–Crippen LogP) is 1.08. The Bertz CT molecular complexity index is 161. The van der Waals surface area contributed by atoms with Gasteiger partial charge < -0.3 is 9.84 Å². The third-order valence-electron chi connectivity index (χ3n) is 3.15. The van der Waals surface area contributed by atoms with Crippen LogP contribution >= 0.6 is 0 Å². The summed E-state index contributed by atoms with van der Waals surface area (Å²) in [7, 11) is 0.